The Morgan fingerprint density at radius 1 is 1.25 bits per heavy atom. The Bertz CT molecular complexity index is 1030. The Kier molecular flexibility index (Phi) is 6.91. The van der Waals surface area contributed by atoms with E-state index in [0.717, 1.165) is 25.3 Å². The third kappa shape index (κ3) is 5.03. The van der Waals surface area contributed by atoms with Gasteiger partial charge in [0.15, 0.2) is 0 Å². The van der Waals surface area contributed by atoms with Crippen LogP contribution in [0.25, 0.3) is 0 Å². The van der Waals surface area contributed by atoms with Gasteiger partial charge in [-0.05, 0) is 44.1 Å². The Labute approximate surface area is 192 Å². The summed E-state index contributed by atoms with van der Waals surface area (Å²) in [6.45, 7) is 5.16. The molecule has 2 aromatic heterocycles. The summed E-state index contributed by atoms with van der Waals surface area (Å²) in [4.78, 5) is 22.2. The zero-order chi connectivity index (χ0) is 22.5. The first kappa shape index (κ1) is 22.1. The van der Waals surface area contributed by atoms with E-state index in [1.165, 1.54) is 12.8 Å². The molecule has 1 aromatic carbocycles. The van der Waals surface area contributed by atoms with Gasteiger partial charge in [0.05, 0.1) is 12.1 Å². The predicted octanol–water partition coefficient (Wildman–Crippen LogP) is 3.27. The molecule has 0 amide bonds. The highest BCUT2D eigenvalue weighted by Gasteiger charge is 2.23. The third-order valence-electron chi connectivity index (χ3n) is 5.58. The molecule has 0 aliphatic carbocycles. The van der Waals surface area contributed by atoms with E-state index < -0.39 is 0 Å². The lowest BCUT2D eigenvalue weighted by atomic mass is 10.2. The quantitative estimate of drug-likeness (QED) is 0.501. The normalized spacial score (nSPS) is 16.2. The number of ether oxygens (including phenoxy) is 1. The van der Waals surface area contributed by atoms with Crippen LogP contribution in [0.3, 0.4) is 0 Å². The highest BCUT2D eigenvalue weighted by Crippen LogP contribution is 2.31. The Morgan fingerprint density at radius 3 is 2.81 bits per heavy atom. The van der Waals surface area contributed by atoms with Crippen LogP contribution in [0, 0.1) is 0 Å². The molecule has 32 heavy (non-hydrogen) atoms. The van der Waals surface area contributed by atoms with Crippen LogP contribution in [0.4, 0.5) is 23.5 Å². The van der Waals surface area contributed by atoms with Gasteiger partial charge < -0.3 is 15.0 Å². The number of hydrogen-bond acceptors (Lipinski definition) is 9. The molecule has 1 aliphatic heterocycles. The monoisotopic (exact) mass is 457 g/mol. The molecule has 0 radical (unpaired) electrons. The number of hydrogen-bond donors (Lipinski definition) is 2. The molecular formula is C21H28ClN9O. The maximum Gasteiger partial charge on any atom is 0.248 e. The molecule has 3 heterocycles. The number of imidazole rings is 1. The van der Waals surface area contributed by atoms with Crippen molar-refractivity contribution in [3.05, 3.63) is 41.9 Å². The molecule has 11 heteroatoms. The van der Waals surface area contributed by atoms with Crippen LogP contribution in [0.2, 0.25) is 5.02 Å². The number of anilines is 4. The molecule has 1 aliphatic rings. The Hall–Kier alpha value is -3.11. The topological polar surface area (TPSA) is 96.3 Å². The van der Waals surface area contributed by atoms with Crippen LogP contribution in [0.5, 0.6) is 5.75 Å². The molecule has 2 N–H and O–H groups in total. The van der Waals surface area contributed by atoms with E-state index >= 15 is 0 Å². The van der Waals surface area contributed by atoms with Gasteiger partial charge in [-0.2, -0.15) is 15.0 Å². The molecule has 1 atom stereocenters. The lowest BCUT2D eigenvalue weighted by Crippen LogP contribution is -2.35. The number of likely N-dealkylation sites (N-methyl/N-ethyl adjacent to an activating group) is 1. The highest BCUT2D eigenvalue weighted by molar-refractivity contribution is 6.32. The largest absolute Gasteiger partial charge is 0.495 e. The molecule has 3 aromatic rings. The van der Waals surface area contributed by atoms with Gasteiger partial charge in [0.1, 0.15) is 12.1 Å². The van der Waals surface area contributed by atoms with Crippen molar-refractivity contribution in [1.29, 1.82) is 0 Å². The van der Waals surface area contributed by atoms with Crippen LogP contribution in [-0.4, -0.2) is 69.3 Å². The van der Waals surface area contributed by atoms with Gasteiger partial charge in [-0.3, -0.25) is 10.3 Å². The second kappa shape index (κ2) is 10.0. The van der Waals surface area contributed by atoms with Gasteiger partial charge in [0, 0.05) is 37.7 Å². The van der Waals surface area contributed by atoms with Crippen molar-refractivity contribution in [1.82, 2.24) is 29.5 Å². The number of methoxy groups -OCH3 is 1. The average molecular weight is 458 g/mol. The van der Waals surface area contributed by atoms with E-state index in [9.17, 15) is 0 Å². The number of aromatic nitrogens is 5. The fourth-order valence-corrected chi connectivity index (χ4v) is 4.07. The number of likely N-dealkylation sites (tertiary alicyclic amines) is 1. The molecule has 10 nitrogen and oxygen atoms in total. The van der Waals surface area contributed by atoms with Crippen molar-refractivity contribution >= 4 is 35.1 Å². The van der Waals surface area contributed by atoms with Gasteiger partial charge >= 0.3 is 0 Å². The molecule has 1 unspecified atom stereocenters. The summed E-state index contributed by atoms with van der Waals surface area (Å²) in [5, 5.41) is 3.92. The second-order valence-corrected chi connectivity index (χ2v) is 7.95. The molecule has 170 valence electrons. The summed E-state index contributed by atoms with van der Waals surface area (Å²) in [6, 6.07) is 6.02. The Morgan fingerprint density at radius 2 is 2.09 bits per heavy atom. The molecular weight excluding hydrogens is 430 g/mol. The molecule has 0 saturated carbocycles. The summed E-state index contributed by atoms with van der Waals surface area (Å²) in [5.41, 5.74) is 3.95. The van der Waals surface area contributed by atoms with E-state index in [4.69, 9.17) is 16.3 Å². The van der Waals surface area contributed by atoms with Crippen LogP contribution in [0.1, 0.15) is 19.8 Å². The first-order valence-corrected chi connectivity index (χ1v) is 11.0. The average Bonchev–Trinajstić information content (AvgIpc) is 3.48. The predicted molar refractivity (Wildman–Crippen MR) is 126 cm³/mol. The first-order chi connectivity index (χ1) is 15.6. The maximum atomic E-state index is 6.32. The highest BCUT2D eigenvalue weighted by atomic mass is 35.5. The van der Waals surface area contributed by atoms with E-state index in [1.807, 2.05) is 30.1 Å². The lowest BCUT2D eigenvalue weighted by molar-refractivity contribution is 0.277. The minimum atomic E-state index is 0.403. The molecule has 0 spiro atoms. The smallest absolute Gasteiger partial charge is 0.248 e. The van der Waals surface area contributed by atoms with E-state index in [2.05, 4.69) is 42.5 Å². The molecule has 0 bridgehead atoms. The maximum absolute atomic E-state index is 6.32. The van der Waals surface area contributed by atoms with Crippen LogP contribution >= 0.6 is 11.6 Å². The molecule has 1 saturated heterocycles. The van der Waals surface area contributed by atoms with Gasteiger partial charge in [-0.1, -0.05) is 18.5 Å². The summed E-state index contributed by atoms with van der Waals surface area (Å²) in [7, 11) is 3.47. The zero-order valence-corrected chi connectivity index (χ0v) is 19.2. The van der Waals surface area contributed by atoms with Crippen molar-refractivity contribution in [2.75, 3.05) is 49.4 Å². The second-order valence-electron chi connectivity index (χ2n) is 7.55. The van der Waals surface area contributed by atoms with Crippen molar-refractivity contribution in [3.8, 4) is 5.75 Å². The summed E-state index contributed by atoms with van der Waals surface area (Å²) >= 11 is 6.32. The van der Waals surface area contributed by atoms with Gasteiger partial charge in [0.25, 0.3) is 0 Å². The van der Waals surface area contributed by atoms with E-state index in [-0.39, 0.29) is 0 Å². The number of rotatable bonds is 9. The Balaban J connectivity index is 1.59. The van der Waals surface area contributed by atoms with Gasteiger partial charge in [-0.25, -0.2) is 9.66 Å². The van der Waals surface area contributed by atoms with Crippen LogP contribution < -0.4 is 20.4 Å². The van der Waals surface area contributed by atoms with Crippen molar-refractivity contribution in [2.45, 2.75) is 25.8 Å². The SMILES string of the molecule is CCN1CCCC1CNc1nc(Nn2ccnc2)nc(N(C)c2ccc(OC)c(Cl)c2)n1. The van der Waals surface area contributed by atoms with Gasteiger partial charge in [-0.15, -0.1) is 0 Å². The number of nitrogens with one attached hydrogen (secondary N) is 2. The molecule has 4 rings (SSSR count). The minimum absolute atomic E-state index is 0.403. The number of halogens is 1. The van der Waals surface area contributed by atoms with Crippen LogP contribution in [0.15, 0.2) is 36.9 Å². The fraction of sp³-hybridized carbons (Fsp3) is 0.429. The lowest BCUT2D eigenvalue weighted by Gasteiger charge is -2.23. The first-order valence-electron chi connectivity index (χ1n) is 10.6. The molecule has 1 fully saturated rings. The van der Waals surface area contributed by atoms with Crippen molar-refractivity contribution in [2.24, 2.45) is 0 Å². The zero-order valence-electron chi connectivity index (χ0n) is 18.5. The van der Waals surface area contributed by atoms with E-state index in [1.54, 1.807) is 30.5 Å². The summed E-state index contributed by atoms with van der Waals surface area (Å²) in [6.07, 6.45) is 7.49. The van der Waals surface area contributed by atoms with Crippen molar-refractivity contribution < 1.29 is 4.74 Å². The summed E-state index contributed by atoms with van der Waals surface area (Å²) < 4.78 is 6.94. The minimum Gasteiger partial charge on any atom is -0.495 e. The fourth-order valence-electron chi connectivity index (χ4n) is 3.82. The van der Waals surface area contributed by atoms with Crippen molar-refractivity contribution in [3.63, 3.8) is 0 Å². The van der Waals surface area contributed by atoms with E-state index in [0.29, 0.717) is 34.7 Å². The standard InChI is InChI=1S/C21H28ClN9O/c1-4-30-10-5-6-16(30)13-24-19-25-20(28-31-11-9-23-14-31)27-21(26-19)29(2)15-7-8-18(32-3)17(22)12-15/h7-9,11-12,14,16H,4-6,10,13H2,1-3H3,(H2,24,25,26,27,28). The van der Waals surface area contributed by atoms with Gasteiger partial charge in [0.2, 0.25) is 17.8 Å². The third-order valence-corrected chi connectivity index (χ3v) is 5.88. The number of nitrogens with zero attached hydrogens (tertiary/aromatic N) is 7. The summed E-state index contributed by atoms with van der Waals surface area (Å²) in [5.74, 6) is 2.00. The van der Waals surface area contributed by atoms with Crippen LogP contribution in [-0.2, 0) is 0 Å². The number of benzene rings is 1.